The minimum absolute atomic E-state index is 0. The predicted octanol–water partition coefficient (Wildman–Crippen LogP) is 0.839. The van der Waals surface area contributed by atoms with Crippen LogP contribution in [0.2, 0.25) is 0 Å². The number of nitrogens with one attached hydrogen (secondary N) is 1. The molecule has 0 heterocycles. The van der Waals surface area contributed by atoms with Crippen molar-refractivity contribution in [2.24, 2.45) is 0 Å². The molecular formula is C24H35N2NaO4S. The Hall–Kier alpha value is -1.12. The van der Waals surface area contributed by atoms with E-state index in [0.717, 1.165) is 67.8 Å². The Kier molecular flexibility index (Phi) is 13.5. The number of carboxylic acids is 1. The van der Waals surface area contributed by atoms with Crippen molar-refractivity contribution in [3.8, 4) is 0 Å². The summed E-state index contributed by atoms with van der Waals surface area (Å²) in [5.74, 6) is -0.964. The topological polar surface area (TPSA) is 89.5 Å². The molecule has 0 aliphatic carbocycles. The number of carboxylic acid groups (broad SMARTS) is 1. The Morgan fingerprint density at radius 3 is 1.97 bits per heavy atom. The molecule has 0 saturated heterocycles. The summed E-state index contributed by atoms with van der Waals surface area (Å²) in [7, 11) is 0.339. The van der Waals surface area contributed by atoms with E-state index in [9.17, 15) is 18.3 Å². The maximum Gasteiger partial charge on any atom is 1.00 e. The first-order valence-corrected chi connectivity index (χ1v) is 12.7. The summed E-state index contributed by atoms with van der Waals surface area (Å²) in [5, 5.41) is 12.0. The second-order valence-corrected chi connectivity index (χ2v) is 9.96. The molecule has 0 atom stereocenters. The third-order valence-electron chi connectivity index (χ3n) is 5.48. The van der Waals surface area contributed by atoms with Crippen LogP contribution in [0.25, 0.3) is 10.8 Å². The molecule has 6 nitrogen and oxygen atoms in total. The van der Waals surface area contributed by atoms with Gasteiger partial charge >= 0.3 is 29.6 Å². The van der Waals surface area contributed by atoms with E-state index in [1.54, 1.807) is 12.1 Å². The van der Waals surface area contributed by atoms with E-state index in [2.05, 4.69) is 4.72 Å². The largest absolute Gasteiger partial charge is 1.00 e. The van der Waals surface area contributed by atoms with Gasteiger partial charge in [-0.3, -0.25) is 0 Å². The van der Waals surface area contributed by atoms with Gasteiger partial charge in [-0.25, -0.2) is 13.1 Å². The zero-order valence-corrected chi connectivity index (χ0v) is 22.5. The molecule has 2 rings (SSSR count). The fraction of sp³-hybridized carbons (Fsp3) is 0.542. The number of benzene rings is 2. The minimum Gasteiger partial charge on any atom is -0.550 e. The third-order valence-corrected chi connectivity index (χ3v) is 7.00. The van der Waals surface area contributed by atoms with E-state index >= 15 is 0 Å². The Morgan fingerprint density at radius 1 is 0.844 bits per heavy atom. The summed E-state index contributed by atoms with van der Waals surface area (Å²) < 4.78 is 28.5. The molecule has 0 saturated carbocycles. The summed E-state index contributed by atoms with van der Waals surface area (Å²) in [4.78, 5) is 12.7. The van der Waals surface area contributed by atoms with Crippen LogP contribution in [-0.4, -0.2) is 35.0 Å². The molecule has 0 radical (unpaired) electrons. The molecule has 0 amide bonds. The third kappa shape index (κ3) is 9.40. The van der Waals surface area contributed by atoms with Gasteiger partial charge in [0.15, 0.2) is 0 Å². The van der Waals surface area contributed by atoms with Crippen LogP contribution in [0.1, 0.15) is 64.2 Å². The first-order valence-electron chi connectivity index (χ1n) is 11.2. The first kappa shape index (κ1) is 28.9. The van der Waals surface area contributed by atoms with Gasteiger partial charge in [0, 0.05) is 43.1 Å². The number of rotatable bonds is 15. The van der Waals surface area contributed by atoms with Crippen LogP contribution in [0.15, 0.2) is 41.3 Å². The van der Waals surface area contributed by atoms with Crippen molar-refractivity contribution in [3.63, 3.8) is 0 Å². The monoisotopic (exact) mass is 470 g/mol. The quantitative estimate of drug-likeness (QED) is 0.308. The Morgan fingerprint density at radius 2 is 1.38 bits per heavy atom. The first-order chi connectivity index (χ1) is 14.8. The molecule has 0 aliphatic heterocycles. The summed E-state index contributed by atoms with van der Waals surface area (Å²) in [6, 6.07) is 11.1. The summed E-state index contributed by atoms with van der Waals surface area (Å²) in [6.07, 6.45) is 9.16. The number of sulfonamides is 1. The SMILES string of the molecule is CN(C)c1cccc2c(S(=O)(=O)NCCCCCCCCCCCC(=O)[O-])cccc12.[Na+]. The van der Waals surface area contributed by atoms with Crippen LogP contribution in [0.5, 0.6) is 0 Å². The molecule has 2 aromatic carbocycles. The van der Waals surface area contributed by atoms with Gasteiger partial charge in [0.1, 0.15) is 0 Å². The van der Waals surface area contributed by atoms with Gasteiger partial charge in [0.2, 0.25) is 10.0 Å². The number of nitrogens with zero attached hydrogens (tertiary/aromatic N) is 1. The molecule has 172 valence electrons. The van der Waals surface area contributed by atoms with E-state index in [1.165, 1.54) is 0 Å². The molecule has 0 bridgehead atoms. The van der Waals surface area contributed by atoms with E-state index in [4.69, 9.17) is 0 Å². The van der Waals surface area contributed by atoms with Crippen molar-refractivity contribution in [2.45, 2.75) is 69.1 Å². The maximum absolute atomic E-state index is 12.9. The van der Waals surface area contributed by atoms with Crippen LogP contribution in [-0.2, 0) is 14.8 Å². The number of fused-ring (bicyclic) bond motifs is 1. The Labute approximate surface area is 215 Å². The van der Waals surface area contributed by atoms with Gasteiger partial charge in [-0.15, -0.1) is 0 Å². The number of carbonyl (C=O) groups is 1. The number of anilines is 1. The fourth-order valence-electron chi connectivity index (χ4n) is 3.80. The van der Waals surface area contributed by atoms with Crippen molar-refractivity contribution in [3.05, 3.63) is 36.4 Å². The van der Waals surface area contributed by atoms with Gasteiger partial charge in [-0.05, 0) is 31.4 Å². The molecule has 1 N–H and O–H groups in total. The number of unbranched alkanes of at least 4 members (excludes halogenated alkanes) is 8. The Balaban J connectivity index is 0.00000512. The molecular weight excluding hydrogens is 435 g/mol. The summed E-state index contributed by atoms with van der Waals surface area (Å²) >= 11 is 0. The van der Waals surface area contributed by atoms with Gasteiger partial charge in [0.05, 0.1) is 4.90 Å². The van der Waals surface area contributed by atoms with Crippen molar-refractivity contribution >= 4 is 32.5 Å². The molecule has 0 aliphatic rings. The molecule has 8 heteroatoms. The molecule has 32 heavy (non-hydrogen) atoms. The van der Waals surface area contributed by atoms with Crippen molar-refractivity contribution in [1.29, 1.82) is 0 Å². The fourth-order valence-corrected chi connectivity index (χ4v) is 5.10. The van der Waals surface area contributed by atoms with E-state index in [1.807, 2.05) is 43.3 Å². The van der Waals surface area contributed by atoms with Gasteiger partial charge < -0.3 is 14.8 Å². The molecule has 0 aromatic heterocycles. The normalized spacial score (nSPS) is 11.3. The second-order valence-electron chi connectivity index (χ2n) is 8.22. The summed E-state index contributed by atoms with van der Waals surface area (Å²) in [6.45, 7) is 0.440. The van der Waals surface area contributed by atoms with Gasteiger partial charge in [0.25, 0.3) is 0 Å². The number of hydrogen-bond donors (Lipinski definition) is 1. The van der Waals surface area contributed by atoms with Crippen molar-refractivity contribution < 1.29 is 47.9 Å². The molecule has 0 spiro atoms. The number of carbonyl (C=O) groups excluding carboxylic acids is 1. The Bertz CT molecular complexity index is 948. The van der Waals surface area contributed by atoms with Gasteiger partial charge in [-0.2, -0.15) is 0 Å². The van der Waals surface area contributed by atoms with E-state index in [0.29, 0.717) is 17.9 Å². The standard InChI is InChI=1S/C24H36N2O4S.Na/c1-26(2)22-16-12-15-21-20(22)14-13-17-23(21)31(29,30)25-19-11-9-7-5-3-4-6-8-10-18-24(27)28;/h12-17,25H,3-11,18-19H2,1-2H3,(H,27,28);/q;+1/p-1. The predicted molar refractivity (Wildman–Crippen MR) is 125 cm³/mol. The second kappa shape index (κ2) is 14.9. The van der Waals surface area contributed by atoms with Crippen LogP contribution < -0.4 is 44.3 Å². The zero-order valence-electron chi connectivity index (χ0n) is 19.7. The average Bonchev–Trinajstić information content (AvgIpc) is 2.73. The smallest absolute Gasteiger partial charge is 0.550 e. The van der Waals surface area contributed by atoms with E-state index < -0.39 is 16.0 Å². The van der Waals surface area contributed by atoms with Crippen molar-refractivity contribution in [2.75, 3.05) is 25.5 Å². The van der Waals surface area contributed by atoms with Gasteiger partial charge in [-0.1, -0.05) is 69.2 Å². The minimum atomic E-state index is -3.56. The number of aliphatic carboxylic acids is 1. The average molecular weight is 471 g/mol. The molecule has 0 fully saturated rings. The zero-order chi connectivity index (χ0) is 22.7. The van der Waals surface area contributed by atoms with Crippen molar-refractivity contribution in [1.82, 2.24) is 4.72 Å². The molecule has 0 unspecified atom stereocenters. The van der Waals surface area contributed by atoms with Crippen LogP contribution in [0.4, 0.5) is 5.69 Å². The summed E-state index contributed by atoms with van der Waals surface area (Å²) in [5.41, 5.74) is 0.994. The van der Waals surface area contributed by atoms with Crippen LogP contribution in [0, 0.1) is 0 Å². The van der Waals surface area contributed by atoms with Crippen LogP contribution in [0.3, 0.4) is 0 Å². The van der Waals surface area contributed by atoms with E-state index in [-0.39, 0.29) is 36.0 Å². The van der Waals surface area contributed by atoms with Crippen LogP contribution >= 0.6 is 0 Å². The molecule has 2 aromatic rings. The number of hydrogen-bond acceptors (Lipinski definition) is 5. The maximum atomic E-state index is 12.9.